The van der Waals surface area contributed by atoms with Crippen LogP contribution < -0.4 is 5.32 Å². The molecule has 1 N–H and O–H groups in total. The average Bonchev–Trinajstić information content (AvgIpc) is 2.82. The highest BCUT2D eigenvalue weighted by Crippen LogP contribution is 2.26. The van der Waals surface area contributed by atoms with E-state index in [1.165, 1.54) is 11.8 Å². The zero-order valence-electron chi connectivity index (χ0n) is 12.4. The molecular formula is C14H16Cl2N4OS. The fourth-order valence-electron chi connectivity index (χ4n) is 1.86. The van der Waals surface area contributed by atoms with Crippen LogP contribution in [0, 0.1) is 0 Å². The number of halogens is 2. The Morgan fingerprint density at radius 2 is 2.09 bits per heavy atom. The zero-order valence-corrected chi connectivity index (χ0v) is 14.8. The number of carbonyl (C=O) groups is 1. The standard InChI is InChI=1S/C14H16Cl2N4OS/c1-8(2)13-18-19-14(20(13)3)22-7-12(21)17-11-6-9(15)4-5-10(11)16/h4-6,8H,7H2,1-3H3,(H,17,21). The summed E-state index contributed by atoms with van der Waals surface area (Å²) < 4.78 is 1.90. The number of nitrogens with zero attached hydrogens (tertiary/aromatic N) is 3. The van der Waals surface area contributed by atoms with Gasteiger partial charge in [0.25, 0.3) is 0 Å². The molecule has 1 aromatic carbocycles. The molecule has 0 aliphatic carbocycles. The van der Waals surface area contributed by atoms with Crippen LogP contribution in [0.3, 0.4) is 0 Å². The quantitative estimate of drug-likeness (QED) is 0.821. The SMILES string of the molecule is CC(C)c1nnc(SCC(=O)Nc2cc(Cl)ccc2Cl)n1C. The van der Waals surface area contributed by atoms with Crippen molar-refractivity contribution in [3.8, 4) is 0 Å². The Morgan fingerprint density at radius 1 is 1.36 bits per heavy atom. The van der Waals surface area contributed by atoms with Gasteiger partial charge >= 0.3 is 0 Å². The van der Waals surface area contributed by atoms with Crippen molar-refractivity contribution < 1.29 is 4.79 Å². The van der Waals surface area contributed by atoms with Crippen molar-refractivity contribution in [1.29, 1.82) is 0 Å². The largest absolute Gasteiger partial charge is 0.324 e. The molecular weight excluding hydrogens is 343 g/mol. The van der Waals surface area contributed by atoms with Crippen LogP contribution in [0.4, 0.5) is 5.69 Å². The zero-order chi connectivity index (χ0) is 16.3. The normalized spacial score (nSPS) is 11.0. The molecule has 22 heavy (non-hydrogen) atoms. The van der Waals surface area contributed by atoms with Crippen LogP contribution in [0.2, 0.25) is 10.0 Å². The van der Waals surface area contributed by atoms with E-state index in [1.54, 1.807) is 18.2 Å². The third-order valence-corrected chi connectivity index (χ3v) is 4.50. The van der Waals surface area contributed by atoms with Gasteiger partial charge in [-0.1, -0.05) is 48.8 Å². The lowest BCUT2D eigenvalue weighted by molar-refractivity contribution is -0.113. The van der Waals surface area contributed by atoms with E-state index >= 15 is 0 Å². The molecule has 2 rings (SSSR count). The van der Waals surface area contributed by atoms with Crippen molar-refractivity contribution in [1.82, 2.24) is 14.8 Å². The Balaban J connectivity index is 1.97. The van der Waals surface area contributed by atoms with E-state index in [0.717, 1.165) is 5.82 Å². The summed E-state index contributed by atoms with van der Waals surface area (Å²) in [4.78, 5) is 12.0. The number of thioether (sulfide) groups is 1. The lowest BCUT2D eigenvalue weighted by atomic mass is 10.2. The molecule has 1 amide bonds. The topological polar surface area (TPSA) is 59.8 Å². The van der Waals surface area contributed by atoms with Crippen molar-refractivity contribution in [2.75, 3.05) is 11.1 Å². The van der Waals surface area contributed by atoms with Gasteiger partial charge in [0.2, 0.25) is 5.91 Å². The van der Waals surface area contributed by atoms with E-state index in [0.29, 0.717) is 20.9 Å². The van der Waals surface area contributed by atoms with Crippen molar-refractivity contribution in [3.63, 3.8) is 0 Å². The highest BCUT2D eigenvalue weighted by Gasteiger charge is 2.14. The van der Waals surface area contributed by atoms with Crippen LogP contribution in [0.5, 0.6) is 0 Å². The number of hydrogen-bond donors (Lipinski definition) is 1. The Bertz CT molecular complexity index is 687. The smallest absolute Gasteiger partial charge is 0.234 e. The maximum Gasteiger partial charge on any atom is 0.234 e. The van der Waals surface area contributed by atoms with Gasteiger partial charge in [-0.3, -0.25) is 4.79 Å². The van der Waals surface area contributed by atoms with E-state index in [4.69, 9.17) is 23.2 Å². The second-order valence-electron chi connectivity index (χ2n) is 5.02. The van der Waals surface area contributed by atoms with E-state index < -0.39 is 0 Å². The van der Waals surface area contributed by atoms with Gasteiger partial charge in [-0.15, -0.1) is 10.2 Å². The maximum atomic E-state index is 12.0. The average molecular weight is 359 g/mol. The molecule has 2 aromatic rings. The first-order valence-corrected chi connectivity index (χ1v) is 8.39. The first-order valence-electron chi connectivity index (χ1n) is 6.65. The molecule has 118 valence electrons. The van der Waals surface area contributed by atoms with Gasteiger partial charge in [0.05, 0.1) is 16.5 Å². The van der Waals surface area contributed by atoms with E-state index in [2.05, 4.69) is 15.5 Å². The molecule has 5 nitrogen and oxygen atoms in total. The molecule has 0 atom stereocenters. The first kappa shape index (κ1) is 17.1. The predicted octanol–water partition coefficient (Wildman–Crippen LogP) is 3.98. The number of nitrogens with one attached hydrogen (secondary N) is 1. The molecule has 0 saturated heterocycles. The van der Waals surface area contributed by atoms with Crippen molar-refractivity contribution in [2.24, 2.45) is 7.05 Å². The summed E-state index contributed by atoms with van der Waals surface area (Å²) in [6.45, 7) is 4.10. The summed E-state index contributed by atoms with van der Waals surface area (Å²) in [6, 6.07) is 4.93. The maximum absolute atomic E-state index is 12.0. The Hall–Kier alpha value is -1.24. The predicted molar refractivity (Wildman–Crippen MR) is 90.9 cm³/mol. The molecule has 0 saturated carbocycles. The molecule has 0 unspecified atom stereocenters. The molecule has 1 aromatic heterocycles. The van der Waals surface area contributed by atoms with Crippen molar-refractivity contribution >= 4 is 46.6 Å². The number of anilines is 1. The van der Waals surface area contributed by atoms with Crippen molar-refractivity contribution in [2.45, 2.75) is 24.9 Å². The second kappa shape index (κ2) is 7.35. The fourth-order valence-corrected chi connectivity index (χ4v) is 2.92. The van der Waals surface area contributed by atoms with Gasteiger partial charge in [-0.25, -0.2) is 0 Å². The molecule has 8 heteroatoms. The van der Waals surface area contributed by atoms with Gasteiger partial charge in [0, 0.05) is 18.0 Å². The monoisotopic (exact) mass is 358 g/mol. The fraction of sp³-hybridized carbons (Fsp3) is 0.357. The Labute approximate surface area is 143 Å². The van der Waals surface area contributed by atoms with Gasteiger partial charge < -0.3 is 9.88 Å². The Kier molecular flexibility index (Phi) is 5.72. The summed E-state index contributed by atoms with van der Waals surface area (Å²) in [6.07, 6.45) is 0. The third-order valence-electron chi connectivity index (χ3n) is 2.92. The molecule has 0 aliphatic heterocycles. The number of carbonyl (C=O) groups excluding carboxylic acids is 1. The molecule has 0 aliphatic rings. The van der Waals surface area contributed by atoms with Gasteiger partial charge in [-0.2, -0.15) is 0 Å². The summed E-state index contributed by atoms with van der Waals surface area (Å²) >= 11 is 13.2. The van der Waals surface area contributed by atoms with Crippen molar-refractivity contribution in [3.05, 3.63) is 34.1 Å². The third kappa shape index (κ3) is 4.15. The van der Waals surface area contributed by atoms with Gasteiger partial charge in [0.15, 0.2) is 5.16 Å². The number of amides is 1. The van der Waals surface area contributed by atoms with Crippen LogP contribution in [-0.2, 0) is 11.8 Å². The highest BCUT2D eigenvalue weighted by molar-refractivity contribution is 7.99. The minimum atomic E-state index is -0.178. The molecule has 0 radical (unpaired) electrons. The molecule has 0 fully saturated rings. The number of rotatable bonds is 5. The number of benzene rings is 1. The van der Waals surface area contributed by atoms with E-state index in [1.807, 2.05) is 25.5 Å². The Morgan fingerprint density at radius 3 is 2.73 bits per heavy atom. The van der Waals surface area contributed by atoms with Crippen LogP contribution >= 0.6 is 35.0 Å². The van der Waals surface area contributed by atoms with Crippen LogP contribution in [-0.4, -0.2) is 26.4 Å². The van der Waals surface area contributed by atoms with Crippen LogP contribution in [0.15, 0.2) is 23.4 Å². The van der Waals surface area contributed by atoms with E-state index in [-0.39, 0.29) is 17.6 Å². The lowest BCUT2D eigenvalue weighted by Gasteiger charge is -2.08. The number of hydrogen-bond acceptors (Lipinski definition) is 4. The summed E-state index contributed by atoms with van der Waals surface area (Å²) in [5, 5.41) is 12.6. The molecule has 0 spiro atoms. The summed E-state index contributed by atoms with van der Waals surface area (Å²) in [5.74, 6) is 1.21. The summed E-state index contributed by atoms with van der Waals surface area (Å²) in [7, 11) is 1.89. The van der Waals surface area contributed by atoms with Crippen LogP contribution in [0.1, 0.15) is 25.6 Å². The minimum Gasteiger partial charge on any atom is -0.324 e. The number of aromatic nitrogens is 3. The second-order valence-corrected chi connectivity index (χ2v) is 6.80. The lowest BCUT2D eigenvalue weighted by Crippen LogP contribution is -2.15. The highest BCUT2D eigenvalue weighted by atomic mass is 35.5. The minimum absolute atomic E-state index is 0.178. The van der Waals surface area contributed by atoms with Gasteiger partial charge in [0.1, 0.15) is 5.82 Å². The molecule has 0 bridgehead atoms. The molecule has 1 heterocycles. The van der Waals surface area contributed by atoms with E-state index in [9.17, 15) is 4.79 Å². The first-order chi connectivity index (χ1) is 10.4. The summed E-state index contributed by atoms with van der Waals surface area (Å²) in [5.41, 5.74) is 0.501. The van der Waals surface area contributed by atoms with Gasteiger partial charge in [-0.05, 0) is 18.2 Å². The van der Waals surface area contributed by atoms with Crippen LogP contribution in [0.25, 0.3) is 0 Å².